The number of carbonyl (C=O) groups is 1. The number of hydrogen-bond acceptors (Lipinski definition) is 5. The summed E-state index contributed by atoms with van der Waals surface area (Å²) in [5.41, 5.74) is 1.57. The lowest BCUT2D eigenvalue weighted by molar-refractivity contribution is -0.137. The number of carboxylic acids is 1. The molecule has 0 bridgehead atoms. The van der Waals surface area contributed by atoms with Crippen LogP contribution in [0.25, 0.3) is 0 Å². The number of hydrogen-bond donors (Lipinski definition) is 2. The van der Waals surface area contributed by atoms with E-state index in [4.69, 9.17) is 5.11 Å². The SMILES string of the molecule is Cc1nnc(NC(CC(=O)O)C(C)C)nc1C. The highest BCUT2D eigenvalue weighted by Crippen LogP contribution is 2.12. The molecule has 0 aliphatic heterocycles. The van der Waals surface area contributed by atoms with Gasteiger partial charge in [0.15, 0.2) is 0 Å². The van der Waals surface area contributed by atoms with Gasteiger partial charge in [0.1, 0.15) is 0 Å². The Labute approximate surface area is 100 Å². The number of carboxylic acid groups (broad SMARTS) is 1. The second-order valence-electron chi connectivity index (χ2n) is 4.40. The van der Waals surface area contributed by atoms with E-state index >= 15 is 0 Å². The lowest BCUT2D eigenvalue weighted by atomic mass is 10.0. The summed E-state index contributed by atoms with van der Waals surface area (Å²) in [6.45, 7) is 7.58. The van der Waals surface area contributed by atoms with Gasteiger partial charge in [-0.3, -0.25) is 4.79 Å². The van der Waals surface area contributed by atoms with E-state index in [1.165, 1.54) is 0 Å². The van der Waals surface area contributed by atoms with Crippen molar-refractivity contribution in [1.29, 1.82) is 0 Å². The first-order valence-corrected chi connectivity index (χ1v) is 5.56. The van der Waals surface area contributed by atoms with Crippen LogP contribution in [0.1, 0.15) is 31.7 Å². The van der Waals surface area contributed by atoms with E-state index in [0.717, 1.165) is 11.4 Å². The monoisotopic (exact) mass is 238 g/mol. The molecule has 0 fully saturated rings. The van der Waals surface area contributed by atoms with Crippen molar-refractivity contribution in [2.24, 2.45) is 5.92 Å². The van der Waals surface area contributed by atoms with Gasteiger partial charge in [0.2, 0.25) is 5.95 Å². The largest absolute Gasteiger partial charge is 0.481 e. The average Bonchev–Trinajstić information content (AvgIpc) is 2.21. The van der Waals surface area contributed by atoms with E-state index in [9.17, 15) is 4.79 Å². The molecule has 0 radical (unpaired) electrons. The van der Waals surface area contributed by atoms with Gasteiger partial charge in [-0.1, -0.05) is 13.8 Å². The van der Waals surface area contributed by atoms with Crippen molar-refractivity contribution >= 4 is 11.9 Å². The van der Waals surface area contributed by atoms with Crippen molar-refractivity contribution in [2.75, 3.05) is 5.32 Å². The topological polar surface area (TPSA) is 88.0 Å². The Kier molecular flexibility index (Phi) is 4.37. The highest BCUT2D eigenvalue weighted by Gasteiger charge is 2.18. The molecule has 6 heteroatoms. The Morgan fingerprint density at radius 3 is 2.41 bits per heavy atom. The standard InChI is InChI=1S/C11H18N4O2/c1-6(2)9(5-10(16)17)13-11-12-7(3)8(4)14-15-11/h6,9H,5H2,1-4H3,(H,16,17)(H,12,13,15). The van der Waals surface area contributed by atoms with Crippen LogP contribution in [-0.4, -0.2) is 32.3 Å². The van der Waals surface area contributed by atoms with Gasteiger partial charge in [-0.25, -0.2) is 4.98 Å². The molecule has 1 aromatic heterocycles. The molecule has 6 nitrogen and oxygen atoms in total. The van der Waals surface area contributed by atoms with E-state index in [0.29, 0.717) is 5.95 Å². The van der Waals surface area contributed by atoms with Crippen LogP contribution in [0.3, 0.4) is 0 Å². The number of rotatable bonds is 5. The highest BCUT2D eigenvalue weighted by molar-refractivity contribution is 5.68. The van der Waals surface area contributed by atoms with Crippen LogP contribution in [0.2, 0.25) is 0 Å². The summed E-state index contributed by atoms with van der Waals surface area (Å²) in [4.78, 5) is 15.0. The van der Waals surface area contributed by atoms with Crippen LogP contribution in [-0.2, 0) is 4.79 Å². The quantitative estimate of drug-likeness (QED) is 0.806. The molecule has 1 aromatic rings. The van der Waals surface area contributed by atoms with Gasteiger partial charge in [0.25, 0.3) is 0 Å². The van der Waals surface area contributed by atoms with Crippen molar-refractivity contribution in [2.45, 2.75) is 40.2 Å². The third-order valence-electron chi connectivity index (χ3n) is 2.61. The Bertz CT molecular complexity index is 406. The lowest BCUT2D eigenvalue weighted by Crippen LogP contribution is -2.29. The third-order valence-corrected chi connectivity index (χ3v) is 2.61. The normalized spacial score (nSPS) is 12.5. The minimum Gasteiger partial charge on any atom is -0.481 e. The number of aliphatic carboxylic acids is 1. The van der Waals surface area contributed by atoms with Gasteiger partial charge >= 0.3 is 5.97 Å². The minimum atomic E-state index is -0.840. The number of aryl methyl sites for hydroxylation is 2. The van der Waals surface area contributed by atoms with Gasteiger partial charge in [-0.2, -0.15) is 5.10 Å². The highest BCUT2D eigenvalue weighted by atomic mass is 16.4. The van der Waals surface area contributed by atoms with E-state index in [2.05, 4.69) is 20.5 Å². The Hall–Kier alpha value is -1.72. The molecule has 1 atom stereocenters. The molecule has 0 saturated heterocycles. The molecule has 0 aliphatic carbocycles. The second kappa shape index (κ2) is 5.56. The molecular weight excluding hydrogens is 220 g/mol. The molecule has 1 heterocycles. The molecule has 17 heavy (non-hydrogen) atoms. The van der Waals surface area contributed by atoms with E-state index in [-0.39, 0.29) is 18.4 Å². The summed E-state index contributed by atoms with van der Waals surface area (Å²) in [5.74, 6) is -0.280. The maximum absolute atomic E-state index is 10.7. The predicted molar refractivity (Wildman–Crippen MR) is 63.8 cm³/mol. The summed E-state index contributed by atoms with van der Waals surface area (Å²) >= 11 is 0. The molecule has 0 aliphatic rings. The fourth-order valence-electron chi connectivity index (χ4n) is 1.33. The molecule has 94 valence electrons. The molecule has 0 amide bonds. The number of nitrogens with one attached hydrogen (secondary N) is 1. The maximum Gasteiger partial charge on any atom is 0.305 e. The second-order valence-corrected chi connectivity index (χ2v) is 4.40. The minimum absolute atomic E-state index is 0.0357. The van der Waals surface area contributed by atoms with Crippen LogP contribution in [0, 0.1) is 19.8 Å². The first-order valence-electron chi connectivity index (χ1n) is 5.56. The Morgan fingerprint density at radius 2 is 1.94 bits per heavy atom. The molecular formula is C11H18N4O2. The maximum atomic E-state index is 10.7. The lowest BCUT2D eigenvalue weighted by Gasteiger charge is -2.20. The summed E-state index contributed by atoms with van der Waals surface area (Å²) in [6, 6.07) is -0.198. The summed E-state index contributed by atoms with van der Waals surface area (Å²) in [5, 5.41) is 19.7. The molecule has 1 unspecified atom stereocenters. The van der Waals surface area contributed by atoms with Crippen LogP contribution >= 0.6 is 0 Å². The Morgan fingerprint density at radius 1 is 1.29 bits per heavy atom. The van der Waals surface area contributed by atoms with Crippen LogP contribution in [0.5, 0.6) is 0 Å². The van der Waals surface area contributed by atoms with E-state index < -0.39 is 5.97 Å². The first-order chi connectivity index (χ1) is 7.90. The zero-order valence-electron chi connectivity index (χ0n) is 10.6. The van der Waals surface area contributed by atoms with Crippen molar-refractivity contribution in [3.63, 3.8) is 0 Å². The summed E-state index contributed by atoms with van der Waals surface area (Å²) < 4.78 is 0. The van der Waals surface area contributed by atoms with Gasteiger partial charge < -0.3 is 10.4 Å². The van der Waals surface area contributed by atoms with E-state index in [1.54, 1.807) is 0 Å². The molecule has 2 N–H and O–H groups in total. The van der Waals surface area contributed by atoms with Gasteiger partial charge in [-0.05, 0) is 19.8 Å². The Balaban J connectivity index is 2.78. The van der Waals surface area contributed by atoms with Crippen molar-refractivity contribution < 1.29 is 9.90 Å². The van der Waals surface area contributed by atoms with Crippen molar-refractivity contribution in [3.05, 3.63) is 11.4 Å². The van der Waals surface area contributed by atoms with Gasteiger partial charge in [-0.15, -0.1) is 5.10 Å². The molecule has 0 spiro atoms. The predicted octanol–water partition coefficient (Wildman–Crippen LogP) is 1.40. The fourth-order valence-corrected chi connectivity index (χ4v) is 1.33. The van der Waals surface area contributed by atoms with Crippen LogP contribution in [0.15, 0.2) is 0 Å². The number of anilines is 1. The van der Waals surface area contributed by atoms with Crippen LogP contribution < -0.4 is 5.32 Å². The molecule has 0 saturated carbocycles. The molecule has 1 rings (SSSR count). The van der Waals surface area contributed by atoms with Gasteiger partial charge in [0.05, 0.1) is 17.8 Å². The zero-order valence-corrected chi connectivity index (χ0v) is 10.6. The zero-order chi connectivity index (χ0) is 13.0. The summed E-state index contributed by atoms with van der Waals surface area (Å²) in [6.07, 6.45) is 0.0357. The smallest absolute Gasteiger partial charge is 0.305 e. The summed E-state index contributed by atoms with van der Waals surface area (Å²) in [7, 11) is 0. The number of aromatic nitrogens is 3. The van der Waals surface area contributed by atoms with Crippen molar-refractivity contribution in [1.82, 2.24) is 15.2 Å². The first kappa shape index (κ1) is 13.3. The third kappa shape index (κ3) is 3.97. The fraction of sp³-hybridized carbons (Fsp3) is 0.636. The van der Waals surface area contributed by atoms with Gasteiger partial charge in [0, 0.05) is 6.04 Å². The van der Waals surface area contributed by atoms with Crippen molar-refractivity contribution in [3.8, 4) is 0 Å². The average molecular weight is 238 g/mol. The van der Waals surface area contributed by atoms with Crippen LogP contribution in [0.4, 0.5) is 5.95 Å². The number of nitrogens with zero attached hydrogens (tertiary/aromatic N) is 3. The van der Waals surface area contributed by atoms with E-state index in [1.807, 2.05) is 27.7 Å². The molecule has 0 aromatic carbocycles.